The van der Waals surface area contributed by atoms with E-state index in [4.69, 9.17) is 28.6 Å². The van der Waals surface area contributed by atoms with Crippen molar-refractivity contribution in [2.24, 2.45) is 5.92 Å². The number of carbonyl (C=O) groups excluding carboxylic acids is 1. The molecule has 1 amide bonds. The molecule has 4 nitrogen and oxygen atoms in total. The third-order valence-corrected chi connectivity index (χ3v) is 4.32. The van der Waals surface area contributed by atoms with Crippen molar-refractivity contribution < 1.29 is 9.53 Å². The van der Waals surface area contributed by atoms with Crippen molar-refractivity contribution in [1.82, 2.24) is 4.90 Å². The van der Waals surface area contributed by atoms with Crippen LogP contribution in [0.3, 0.4) is 0 Å². The molecule has 0 unspecified atom stereocenters. The highest BCUT2D eigenvalue weighted by Crippen LogP contribution is 2.22. The lowest BCUT2D eigenvalue weighted by atomic mass is 9.97. The number of nitrogens with one attached hydrogen (secondary N) is 1. The largest absolute Gasteiger partial charge is 0.444 e. The molecule has 1 heterocycles. The van der Waals surface area contributed by atoms with E-state index >= 15 is 0 Å². The lowest BCUT2D eigenvalue weighted by Crippen LogP contribution is -2.43. The van der Waals surface area contributed by atoms with E-state index in [9.17, 15) is 4.79 Å². The monoisotopic (exact) mass is 354 g/mol. The summed E-state index contributed by atoms with van der Waals surface area (Å²) in [4.78, 5) is 14.6. The second-order valence-corrected chi connectivity index (χ2v) is 7.61. The van der Waals surface area contributed by atoms with Gasteiger partial charge in [0.15, 0.2) is 0 Å². The summed E-state index contributed by atoms with van der Waals surface area (Å²) in [5.41, 5.74) is 0.480. The van der Waals surface area contributed by atoms with Crippen LogP contribution in [0.2, 0.25) is 5.02 Å². The molecule has 0 atom stereocenters. The molecule has 0 radical (unpaired) electrons. The second-order valence-electron chi connectivity index (χ2n) is 6.74. The molecule has 0 bridgehead atoms. The quantitative estimate of drug-likeness (QED) is 0.780. The molecule has 0 aromatic heterocycles. The maximum atomic E-state index is 12.1. The highest BCUT2D eigenvalue weighted by molar-refractivity contribution is 7.80. The zero-order valence-electron chi connectivity index (χ0n) is 13.8. The van der Waals surface area contributed by atoms with Gasteiger partial charge in [-0.05, 0) is 57.9 Å². The first kappa shape index (κ1) is 18.0. The Morgan fingerprint density at radius 2 is 1.83 bits per heavy atom. The molecular weight excluding hydrogens is 332 g/mol. The summed E-state index contributed by atoms with van der Waals surface area (Å²) < 4.78 is 5.41. The van der Waals surface area contributed by atoms with Crippen LogP contribution in [0.1, 0.15) is 33.6 Å². The van der Waals surface area contributed by atoms with Gasteiger partial charge in [-0.1, -0.05) is 23.8 Å². The smallest absolute Gasteiger partial charge is 0.410 e. The Balaban J connectivity index is 1.83. The van der Waals surface area contributed by atoms with Crippen molar-refractivity contribution in [3.05, 3.63) is 29.3 Å². The number of anilines is 1. The van der Waals surface area contributed by atoms with Gasteiger partial charge in [-0.3, -0.25) is 0 Å². The van der Waals surface area contributed by atoms with Gasteiger partial charge in [-0.2, -0.15) is 0 Å². The van der Waals surface area contributed by atoms with Crippen LogP contribution in [-0.2, 0) is 4.74 Å². The Kier molecular flexibility index (Phi) is 5.87. The highest BCUT2D eigenvalue weighted by Gasteiger charge is 2.28. The zero-order valence-corrected chi connectivity index (χ0v) is 15.3. The van der Waals surface area contributed by atoms with E-state index < -0.39 is 5.60 Å². The summed E-state index contributed by atoms with van der Waals surface area (Å²) in [6.07, 6.45) is 1.45. The van der Waals surface area contributed by atoms with Crippen LogP contribution in [0.15, 0.2) is 24.3 Å². The number of ether oxygens (including phenoxy) is 1. The minimum absolute atomic E-state index is 0.243. The van der Waals surface area contributed by atoms with Gasteiger partial charge in [0.2, 0.25) is 0 Å². The molecule has 1 aliphatic rings. The summed E-state index contributed by atoms with van der Waals surface area (Å²) in [6.45, 7) is 6.97. The zero-order chi connectivity index (χ0) is 17.0. The Bertz CT molecular complexity index is 561. The minimum atomic E-state index is -0.459. The van der Waals surface area contributed by atoms with Gasteiger partial charge in [0.1, 0.15) is 5.60 Å². The molecule has 1 N–H and O–H groups in total. The number of thiocarbonyl (C=S) groups is 1. The van der Waals surface area contributed by atoms with E-state index in [1.54, 1.807) is 4.90 Å². The number of hydrogen-bond donors (Lipinski definition) is 1. The third kappa shape index (κ3) is 5.66. The van der Waals surface area contributed by atoms with Crippen molar-refractivity contribution >= 4 is 40.6 Å². The first-order chi connectivity index (χ1) is 10.7. The molecule has 126 valence electrons. The number of nitrogens with zero attached hydrogens (tertiary/aromatic N) is 1. The molecule has 1 saturated heterocycles. The number of amides is 1. The maximum Gasteiger partial charge on any atom is 0.410 e. The van der Waals surface area contributed by atoms with Crippen LogP contribution >= 0.6 is 23.8 Å². The molecule has 1 aliphatic heterocycles. The number of hydrogen-bond acceptors (Lipinski definition) is 3. The predicted molar refractivity (Wildman–Crippen MR) is 98.2 cm³/mol. The van der Waals surface area contributed by atoms with Crippen molar-refractivity contribution in [3.8, 4) is 0 Å². The Labute approximate surface area is 148 Å². The fraction of sp³-hybridized carbons (Fsp3) is 0.529. The predicted octanol–water partition coefficient (Wildman–Crippen LogP) is 4.73. The van der Waals surface area contributed by atoms with E-state index in [1.165, 1.54) is 0 Å². The Hall–Kier alpha value is -1.33. The molecule has 1 aromatic carbocycles. The average Bonchev–Trinajstić information content (AvgIpc) is 2.48. The van der Waals surface area contributed by atoms with Gasteiger partial charge in [0.05, 0.1) is 4.99 Å². The minimum Gasteiger partial charge on any atom is -0.444 e. The van der Waals surface area contributed by atoms with Crippen LogP contribution in [-0.4, -0.2) is 34.7 Å². The first-order valence-corrected chi connectivity index (χ1v) is 8.57. The molecule has 6 heteroatoms. The average molecular weight is 355 g/mol. The summed E-state index contributed by atoms with van der Waals surface area (Å²) in [5.74, 6) is 0.277. The van der Waals surface area contributed by atoms with Crippen LogP contribution < -0.4 is 5.32 Å². The lowest BCUT2D eigenvalue weighted by Gasteiger charge is -2.33. The molecule has 0 saturated carbocycles. The number of carbonyl (C=O) groups is 1. The SMILES string of the molecule is CC(C)(C)OC(=O)N1CCC(C(=S)Nc2ccc(Cl)cc2)CC1. The van der Waals surface area contributed by atoms with Gasteiger partial charge in [0.25, 0.3) is 0 Å². The van der Waals surface area contributed by atoms with Crippen LogP contribution in [0.25, 0.3) is 0 Å². The Morgan fingerprint density at radius 3 is 2.35 bits per heavy atom. The molecule has 0 spiro atoms. The summed E-state index contributed by atoms with van der Waals surface area (Å²) >= 11 is 11.4. The van der Waals surface area contributed by atoms with Gasteiger partial charge in [-0.25, -0.2) is 4.79 Å². The van der Waals surface area contributed by atoms with Gasteiger partial charge in [-0.15, -0.1) is 0 Å². The number of likely N-dealkylation sites (tertiary alicyclic amines) is 1. The van der Waals surface area contributed by atoms with Crippen LogP contribution in [0.4, 0.5) is 10.5 Å². The Morgan fingerprint density at radius 1 is 1.26 bits per heavy atom. The number of halogens is 1. The number of benzene rings is 1. The topological polar surface area (TPSA) is 41.6 Å². The van der Waals surface area contributed by atoms with Gasteiger partial charge < -0.3 is 15.0 Å². The van der Waals surface area contributed by atoms with E-state index in [0.29, 0.717) is 18.1 Å². The first-order valence-electron chi connectivity index (χ1n) is 7.79. The van der Waals surface area contributed by atoms with Crippen LogP contribution in [0.5, 0.6) is 0 Å². The fourth-order valence-corrected chi connectivity index (χ4v) is 2.91. The molecule has 1 aromatic rings. The summed E-state index contributed by atoms with van der Waals surface area (Å²) in [5, 5.41) is 3.96. The second kappa shape index (κ2) is 7.49. The number of piperidine rings is 1. The molecule has 2 rings (SSSR count). The van der Waals surface area contributed by atoms with E-state index in [1.807, 2.05) is 45.0 Å². The lowest BCUT2D eigenvalue weighted by molar-refractivity contribution is 0.0202. The summed E-state index contributed by atoms with van der Waals surface area (Å²) in [7, 11) is 0. The summed E-state index contributed by atoms with van der Waals surface area (Å²) in [6, 6.07) is 7.48. The normalized spacial score (nSPS) is 16.1. The van der Waals surface area contributed by atoms with Crippen molar-refractivity contribution in [2.75, 3.05) is 18.4 Å². The maximum absolute atomic E-state index is 12.1. The molecule has 23 heavy (non-hydrogen) atoms. The van der Waals surface area contributed by atoms with E-state index in [0.717, 1.165) is 23.5 Å². The number of rotatable bonds is 2. The van der Waals surface area contributed by atoms with E-state index in [-0.39, 0.29) is 12.0 Å². The highest BCUT2D eigenvalue weighted by atomic mass is 35.5. The van der Waals surface area contributed by atoms with Gasteiger partial charge >= 0.3 is 6.09 Å². The molecule has 1 fully saturated rings. The van der Waals surface area contributed by atoms with Crippen molar-refractivity contribution in [3.63, 3.8) is 0 Å². The third-order valence-electron chi connectivity index (χ3n) is 3.63. The van der Waals surface area contributed by atoms with Crippen LogP contribution in [0, 0.1) is 5.92 Å². The van der Waals surface area contributed by atoms with Gasteiger partial charge in [0, 0.05) is 29.7 Å². The fourth-order valence-electron chi connectivity index (χ4n) is 2.43. The molecular formula is C17H23ClN2O2S. The standard InChI is InChI=1S/C17H23ClN2O2S/c1-17(2,3)22-16(21)20-10-8-12(9-11-20)15(23)19-14-6-4-13(18)5-7-14/h4-7,12H,8-11H2,1-3H3,(H,19,23). The van der Waals surface area contributed by atoms with E-state index in [2.05, 4.69) is 5.32 Å². The van der Waals surface area contributed by atoms with Crippen molar-refractivity contribution in [1.29, 1.82) is 0 Å². The molecule has 0 aliphatic carbocycles. The van der Waals surface area contributed by atoms with Crippen molar-refractivity contribution in [2.45, 2.75) is 39.2 Å².